The van der Waals surface area contributed by atoms with Gasteiger partial charge in [-0.2, -0.15) is 0 Å². The second-order valence-electron chi connectivity index (χ2n) is 6.27. The second kappa shape index (κ2) is 7.27. The number of benzene rings is 3. The maximum absolute atomic E-state index is 10.1. The first-order chi connectivity index (χ1) is 12.4. The van der Waals surface area contributed by atoms with E-state index in [1.807, 2.05) is 30.0 Å². The van der Waals surface area contributed by atoms with Crippen LogP contribution < -0.4 is 4.90 Å². The van der Waals surface area contributed by atoms with Gasteiger partial charge in [0.05, 0.1) is 0 Å². The van der Waals surface area contributed by atoms with Gasteiger partial charge in [-0.05, 0) is 55.0 Å². The van der Waals surface area contributed by atoms with Crippen molar-refractivity contribution in [3.8, 4) is 23.0 Å². The molecular weight excluding hydrogens is 330 g/mol. The van der Waals surface area contributed by atoms with Gasteiger partial charge in [-0.3, -0.25) is 0 Å². The molecule has 4 N–H and O–H groups in total. The largest absolute Gasteiger partial charge is 0.508 e. The van der Waals surface area contributed by atoms with Crippen LogP contribution in [0.1, 0.15) is 16.7 Å². The molecule has 0 aliphatic heterocycles. The molecule has 0 fully saturated rings. The minimum atomic E-state index is 0.0715. The third kappa shape index (κ3) is 3.83. The van der Waals surface area contributed by atoms with Crippen LogP contribution in [0, 0.1) is 6.92 Å². The molecule has 0 bridgehead atoms. The zero-order valence-corrected chi connectivity index (χ0v) is 14.4. The van der Waals surface area contributed by atoms with E-state index in [1.54, 1.807) is 24.3 Å². The smallest absolute Gasteiger partial charge is 0.120 e. The first-order valence-electron chi connectivity index (χ1n) is 8.26. The molecule has 0 atom stereocenters. The van der Waals surface area contributed by atoms with Gasteiger partial charge in [0.1, 0.15) is 23.0 Å². The number of anilines is 1. The van der Waals surface area contributed by atoms with E-state index >= 15 is 0 Å². The highest BCUT2D eigenvalue weighted by molar-refractivity contribution is 5.55. The first-order valence-corrected chi connectivity index (χ1v) is 8.26. The maximum Gasteiger partial charge on any atom is 0.120 e. The van der Waals surface area contributed by atoms with Gasteiger partial charge in [0, 0.05) is 29.9 Å². The summed E-state index contributed by atoms with van der Waals surface area (Å²) in [5.41, 5.74) is 2.85. The molecule has 0 radical (unpaired) electrons. The third-order valence-electron chi connectivity index (χ3n) is 4.32. The number of phenolic OH excluding ortho intramolecular Hbond substituents is 4. The summed E-state index contributed by atoms with van der Waals surface area (Å²) >= 11 is 0. The van der Waals surface area contributed by atoms with Gasteiger partial charge in [-0.15, -0.1) is 0 Å². The molecular formula is C21H21NO4. The SMILES string of the molecule is Cc1cc(N(Cc2ccccc2O)Cc2cc(O)ccc2O)ccc1O. The van der Waals surface area contributed by atoms with Crippen molar-refractivity contribution in [1.29, 1.82) is 0 Å². The molecule has 5 nitrogen and oxygen atoms in total. The molecule has 5 heteroatoms. The van der Waals surface area contributed by atoms with E-state index in [1.165, 1.54) is 18.2 Å². The molecule has 0 aromatic heterocycles. The molecule has 0 heterocycles. The Morgan fingerprint density at radius 3 is 2.08 bits per heavy atom. The number of hydrogen-bond donors (Lipinski definition) is 4. The van der Waals surface area contributed by atoms with Crippen molar-refractivity contribution in [1.82, 2.24) is 0 Å². The Morgan fingerprint density at radius 2 is 1.35 bits per heavy atom. The van der Waals surface area contributed by atoms with Crippen LogP contribution in [0.4, 0.5) is 5.69 Å². The predicted molar refractivity (Wildman–Crippen MR) is 101 cm³/mol. The van der Waals surface area contributed by atoms with Crippen LogP contribution in [0.5, 0.6) is 23.0 Å². The number of phenols is 4. The van der Waals surface area contributed by atoms with Gasteiger partial charge in [0.15, 0.2) is 0 Å². The average Bonchev–Trinajstić information content (AvgIpc) is 2.61. The van der Waals surface area contributed by atoms with E-state index in [-0.39, 0.29) is 23.0 Å². The summed E-state index contributed by atoms with van der Waals surface area (Å²) in [6.45, 7) is 2.52. The highest BCUT2D eigenvalue weighted by Gasteiger charge is 2.14. The first kappa shape index (κ1) is 17.5. The molecule has 3 aromatic rings. The minimum absolute atomic E-state index is 0.0715. The van der Waals surface area contributed by atoms with Crippen LogP contribution >= 0.6 is 0 Å². The van der Waals surface area contributed by atoms with Gasteiger partial charge in [0.2, 0.25) is 0 Å². The topological polar surface area (TPSA) is 84.2 Å². The van der Waals surface area contributed by atoms with Crippen LogP contribution in [0.25, 0.3) is 0 Å². The number of hydrogen-bond acceptors (Lipinski definition) is 5. The number of aryl methyl sites for hydroxylation is 1. The van der Waals surface area contributed by atoms with Crippen molar-refractivity contribution in [3.63, 3.8) is 0 Å². The fraction of sp³-hybridized carbons (Fsp3) is 0.143. The molecule has 0 aliphatic carbocycles. The van der Waals surface area contributed by atoms with E-state index in [4.69, 9.17) is 0 Å². The van der Waals surface area contributed by atoms with E-state index in [2.05, 4.69) is 0 Å². The van der Waals surface area contributed by atoms with Crippen molar-refractivity contribution in [2.24, 2.45) is 0 Å². The highest BCUT2D eigenvalue weighted by atomic mass is 16.3. The lowest BCUT2D eigenvalue weighted by Gasteiger charge is -2.26. The van der Waals surface area contributed by atoms with Crippen molar-refractivity contribution < 1.29 is 20.4 Å². The Labute approximate surface area is 152 Å². The average molecular weight is 351 g/mol. The summed E-state index contributed by atoms with van der Waals surface area (Å²) < 4.78 is 0. The summed E-state index contributed by atoms with van der Waals surface area (Å²) in [4.78, 5) is 1.95. The minimum Gasteiger partial charge on any atom is -0.508 e. The molecule has 3 aromatic carbocycles. The Hall–Kier alpha value is -3.34. The van der Waals surface area contributed by atoms with Crippen molar-refractivity contribution in [2.45, 2.75) is 20.0 Å². The number of para-hydroxylation sites is 1. The van der Waals surface area contributed by atoms with Gasteiger partial charge in [-0.1, -0.05) is 18.2 Å². The Kier molecular flexibility index (Phi) is 4.89. The van der Waals surface area contributed by atoms with Gasteiger partial charge in [-0.25, -0.2) is 0 Å². The second-order valence-corrected chi connectivity index (χ2v) is 6.27. The Balaban J connectivity index is 1.99. The molecule has 0 aliphatic rings. The van der Waals surface area contributed by atoms with Crippen LogP contribution in [0.3, 0.4) is 0 Å². The molecule has 3 rings (SSSR count). The lowest BCUT2D eigenvalue weighted by atomic mass is 10.1. The van der Waals surface area contributed by atoms with Crippen molar-refractivity contribution in [2.75, 3.05) is 4.90 Å². The van der Waals surface area contributed by atoms with Gasteiger partial charge < -0.3 is 25.3 Å². The lowest BCUT2D eigenvalue weighted by Crippen LogP contribution is -2.22. The molecule has 134 valence electrons. The molecule has 0 saturated heterocycles. The monoisotopic (exact) mass is 351 g/mol. The zero-order valence-electron chi connectivity index (χ0n) is 14.4. The Bertz CT molecular complexity index is 924. The molecule has 0 spiro atoms. The molecule has 0 amide bonds. The quantitative estimate of drug-likeness (QED) is 0.522. The van der Waals surface area contributed by atoms with Crippen LogP contribution in [0.2, 0.25) is 0 Å². The summed E-state index contributed by atoms with van der Waals surface area (Å²) in [5, 5.41) is 39.8. The van der Waals surface area contributed by atoms with Gasteiger partial charge >= 0.3 is 0 Å². The van der Waals surface area contributed by atoms with Crippen LogP contribution in [0.15, 0.2) is 60.7 Å². The number of rotatable bonds is 5. The van der Waals surface area contributed by atoms with Crippen molar-refractivity contribution in [3.05, 3.63) is 77.4 Å². The summed E-state index contributed by atoms with van der Waals surface area (Å²) in [6.07, 6.45) is 0. The van der Waals surface area contributed by atoms with E-state index in [9.17, 15) is 20.4 Å². The van der Waals surface area contributed by atoms with Crippen LogP contribution in [-0.2, 0) is 13.1 Å². The summed E-state index contributed by atoms with van der Waals surface area (Å²) in [6, 6.07) is 16.7. The number of aromatic hydroxyl groups is 4. The summed E-state index contributed by atoms with van der Waals surface area (Å²) in [7, 11) is 0. The zero-order chi connectivity index (χ0) is 18.7. The molecule has 0 unspecified atom stereocenters. The molecule has 26 heavy (non-hydrogen) atoms. The van der Waals surface area contributed by atoms with Gasteiger partial charge in [0.25, 0.3) is 0 Å². The van der Waals surface area contributed by atoms with E-state index in [0.29, 0.717) is 18.7 Å². The fourth-order valence-electron chi connectivity index (χ4n) is 2.83. The normalized spacial score (nSPS) is 10.7. The Morgan fingerprint density at radius 1 is 0.692 bits per heavy atom. The summed E-state index contributed by atoms with van der Waals surface area (Å²) in [5.74, 6) is 0.548. The predicted octanol–water partition coefficient (Wildman–Crippen LogP) is 4.02. The molecule has 0 saturated carbocycles. The van der Waals surface area contributed by atoms with Crippen LogP contribution in [-0.4, -0.2) is 20.4 Å². The van der Waals surface area contributed by atoms with Crippen molar-refractivity contribution >= 4 is 5.69 Å². The number of nitrogens with zero attached hydrogens (tertiary/aromatic N) is 1. The lowest BCUT2D eigenvalue weighted by molar-refractivity contribution is 0.452. The standard InChI is InChI=1S/C21H21NO4/c1-14-10-17(6-8-19(14)24)22(12-15-4-2-3-5-20(15)25)13-16-11-18(23)7-9-21(16)26/h2-11,23-26H,12-13H2,1H3. The maximum atomic E-state index is 10.1. The third-order valence-corrected chi connectivity index (χ3v) is 4.32. The highest BCUT2D eigenvalue weighted by Crippen LogP contribution is 2.30. The van der Waals surface area contributed by atoms with E-state index in [0.717, 1.165) is 16.8 Å². The fourth-order valence-corrected chi connectivity index (χ4v) is 2.83. The van der Waals surface area contributed by atoms with E-state index < -0.39 is 0 Å².